The lowest BCUT2D eigenvalue weighted by Crippen LogP contribution is -1.98. The number of rotatable bonds is 12. The van der Waals surface area contributed by atoms with Crippen LogP contribution in [0.1, 0.15) is 0 Å². The number of aromatic nitrogens is 6. The van der Waals surface area contributed by atoms with Crippen LogP contribution in [0.3, 0.4) is 0 Å². The zero-order valence-corrected chi connectivity index (χ0v) is 80.0. The number of hydrogen-bond acceptors (Lipinski definition) is 9. The molecule has 0 unspecified atom stereocenters. The first kappa shape index (κ1) is 84.5. The number of fused-ring (bicyclic) bond motifs is 23. The van der Waals surface area contributed by atoms with E-state index in [2.05, 4.69) is 420 Å². The normalized spacial score (nSPS) is 11.9. The van der Waals surface area contributed by atoms with E-state index in [-0.39, 0.29) is 0 Å². The van der Waals surface area contributed by atoms with Gasteiger partial charge in [-0.15, -0.1) is 0 Å². The lowest BCUT2D eigenvalue weighted by atomic mass is 9.97. The fourth-order valence-electron chi connectivity index (χ4n) is 22.2. The largest absolute Gasteiger partial charge is 0.456 e. The molecule has 23 aromatic carbocycles. The Labute approximate surface area is 851 Å². The van der Waals surface area contributed by atoms with Crippen LogP contribution in [0.15, 0.2) is 524 Å². The second-order valence-electron chi connectivity index (χ2n) is 38.4. The van der Waals surface area contributed by atoms with Crippen LogP contribution in [0.4, 0.5) is 0 Å². The Kier molecular flexibility index (Phi) is 19.4. The van der Waals surface area contributed by atoms with Crippen molar-refractivity contribution in [2.75, 3.05) is 0 Å². The molecule has 12 heteroatoms. The molecule has 32 rings (SSSR count). The molecule has 9 aromatic heterocycles. The van der Waals surface area contributed by atoms with E-state index in [1.807, 2.05) is 91.0 Å². The fraction of sp³-hybridized carbons (Fsp3) is 0. The van der Waals surface area contributed by atoms with Gasteiger partial charge in [0.1, 0.15) is 84.5 Å². The number of para-hydroxylation sites is 9. The van der Waals surface area contributed by atoms with Gasteiger partial charge in [-0.25, -0.2) is 15.0 Å². The maximum Gasteiger partial charge on any atom is 0.145 e. The highest BCUT2D eigenvalue weighted by molar-refractivity contribution is 6.19. The average molecular weight is 1910 g/mol. The van der Waals surface area contributed by atoms with Crippen molar-refractivity contribution in [3.05, 3.63) is 497 Å². The highest BCUT2D eigenvalue weighted by atomic mass is 16.4. The summed E-state index contributed by atoms with van der Waals surface area (Å²) < 4.78 is 44.3. The number of furan rings is 6. The quantitative estimate of drug-likeness (QED) is 0.117. The molecule has 0 aliphatic carbocycles. The molecule has 32 aromatic rings. The van der Waals surface area contributed by atoms with Gasteiger partial charge < -0.3 is 26.5 Å². The second kappa shape index (κ2) is 34.3. The molecule has 0 saturated heterocycles. The van der Waals surface area contributed by atoms with Crippen molar-refractivity contribution in [1.29, 1.82) is 0 Å². The molecule has 12 nitrogen and oxygen atoms in total. The SMILES string of the molecule is c1ccc(-c2nc3ccccc3n2-c2ccc(-c3ccc4cc(-c5ccc6oc7cc8c(cc7c6c5)oc5ccccc58)ccc4c3)cc2)cc1.c1ccc(-c2nc3ccccc3n2-c2cccc(-c3ccc(-c4ccc5oc6cc7c(cc6c5c4)oc4ccccc47)cc3)c2)cc1.c1ccc(-c2nc3ccccc3n2-c2cccc(-c3ccc4cc(-c5ccc6oc7cc8c(cc7c6c5)oc5ccccc58)ccc4c3)c2)cc1. The van der Waals surface area contributed by atoms with Crippen molar-refractivity contribution in [1.82, 2.24) is 28.7 Å². The summed E-state index contributed by atoms with van der Waals surface area (Å²) in [5, 5.41) is 17.8. The molecule has 0 N–H and O–H groups in total. The van der Waals surface area contributed by atoms with Gasteiger partial charge in [-0.2, -0.15) is 0 Å². The second-order valence-corrected chi connectivity index (χ2v) is 38.4. The van der Waals surface area contributed by atoms with Crippen molar-refractivity contribution in [3.63, 3.8) is 0 Å². The maximum atomic E-state index is 6.33. The summed E-state index contributed by atoms with van der Waals surface area (Å²) in [6.07, 6.45) is 0. The Morgan fingerprint density at radius 2 is 0.349 bits per heavy atom. The van der Waals surface area contributed by atoms with E-state index in [1.165, 1.54) is 49.4 Å². The molecule has 9 heterocycles. The molecular formula is C137H82N6O6. The predicted molar refractivity (Wildman–Crippen MR) is 611 cm³/mol. The van der Waals surface area contributed by atoms with E-state index in [0.717, 1.165) is 255 Å². The first-order chi connectivity index (χ1) is 73.7. The predicted octanol–water partition coefficient (Wildman–Crippen LogP) is 37.8. The number of imidazole rings is 3. The van der Waals surface area contributed by atoms with Gasteiger partial charge in [-0.05, 0) is 276 Å². The van der Waals surface area contributed by atoms with Crippen molar-refractivity contribution < 1.29 is 26.5 Å². The molecule has 0 spiro atoms. The highest BCUT2D eigenvalue weighted by Crippen LogP contribution is 2.46. The Morgan fingerprint density at radius 1 is 0.128 bits per heavy atom. The van der Waals surface area contributed by atoms with Gasteiger partial charge in [0.2, 0.25) is 0 Å². The summed E-state index contributed by atoms with van der Waals surface area (Å²) in [4.78, 5) is 15.1. The van der Waals surface area contributed by atoms with Gasteiger partial charge >= 0.3 is 0 Å². The van der Waals surface area contributed by atoms with Gasteiger partial charge in [0.15, 0.2) is 0 Å². The summed E-state index contributed by atoms with van der Waals surface area (Å²) in [5.74, 6) is 2.81. The molecule has 149 heavy (non-hydrogen) atoms. The summed E-state index contributed by atoms with van der Waals surface area (Å²) in [7, 11) is 0. The Morgan fingerprint density at radius 3 is 0.685 bits per heavy atom. The van der Waals surface area contributed by atoms with Gasteiger partial charge in [0.05, 0.1) is 33.1 Å². The number of benzene rings is 23. The van der Waals surface area contributed by atoms with Crippen LogP contribution >= 0.6 is 0 Å². The molecule has 696 valence electrons. The molecule has 0 amide bonds. The van der Waals surface area contributed by atoms with Crippen LogP contribution in [0.25, 0.3) is 304 Å². The molecule has 0 fully saturated rings. The zero-order chi connectivity index (χ0) is 97.8. The first-order valence-corrected chi connectivity index (χ1v) is 50.2. The van der Waals surface area contributed by atoms with E-state index in [4.69, 9.17) is 41.5 Å². The third-order valence-electron chi connectivity index (χ3n) is 29.6. The lowest BCUT2D eigenvalue weighted by molar-refractivity contribution is 0.664. The smallest absolute Gasteiger partial charge is 0.145 e. The fourth-order valence-corrected chi connectivity index (χ4v) is 22.2. The summed E-state index contributed by atoms with van der Waals surface area (Å²) in [6.45, 7) is 0. The molecule has 0 saturated carbocycles. The van der Waals surface area contributed by atoms with Crippen LogP contribution in [0, 0.1) is 0 Å². The highest BCUT2D eigenvalue weighted by Gasteiger charge is 2.24. The molecule has 0 atom stereocenters. The minimum atomic E-state index is 0.868. The molecule has 0 aliphatic rings. The van der Waals surface area contributed by atoms with Crippen LogP contribution in [0.2, 0.25) is 0 Å². The molecule has 0 bridgehead atoms. The van der Waals surface area contributed by atoms with E-state index in [0.29, 0.717) is 0 Å². The lowest BCUT2D eigenvalue weighted by Gasteiger charge is -2.12. The van der Waals surface area contributed by atoms with Crippen LogP contribution in [-0.2, 0) is 0 Å². The molecule has 0 aliphatic heterocycles. The van der Waals surface area contributed by atoms with E-state index < -0.39 is 0 Å². The minimum absolute atomic E-state index is 0.868. The van der Waals surface area contributed by atoms with E-state index in [9.17, 15) is 0 Å². The first-order valence-electron chi connectivity index (χ1n) is 50.2. The topological polar surface area (TPSA) is 132 Å². The third-order valence-corrected chi connectivity index (χ3v) is 29.6. The number of hydrogen-bond donors (Lipinski definition) is 0. The third kappa shape index (κ3) is 14.5. The maximum absolute atomic E-state index is 6.33. The van der Waals surface area contributed by atoms with Crippen molar-refractivity contribution in [2.45, 2.75) is 0 Å². The van der Waals surface area contributed by atoms with Gasteiger partial charge in [0, 0.05) is 98.4 Å². The van der Waals surface area contributed by atoms with Crippen LogP contribution in [0.5, 0.6) is 0 Å². The summed E-state index contributed by atoms with van der Waals surface area (Å²) >= 11 is 0. The van der Waals surface area contributed by atoms with Crippen molar-refractivity contribution >= 4 is 186 Å². The summed E-state index contributed by atoms with van der Waals surface area (Å²) in [6, 6.07) is 175. The Bertz CT molecular complexity index is 11000. The average Bonchev–Trinajstić information content (AvgIpc) is 1.81. The number of nitrogens with zero attached hydrogens (tertiary/aromatic N) is 6. The van der Waals surface area contributed by atoms with Crippen molar-refractivity contribution in [3.8, 4) is 118 Å². The minimum Gasteiger partial charge on any atom is -0.456 e. The molecule has 0 radical (unpaired) electrons. The van der Waals surface area contributed by atoms with Gasteiger partial charge in [-0.3, -0.25) is 13.7 Å². The van der Waals surface area contributed by atoms with E-state index in [1.54, 1.807) is 0 Å². The van der Waals surface area contributed by atoms with E-state index >= 15 is 0 Å². The van der Waals surface area contributed by atoms with Crippen LogP contribution in [-0.4, -0.2) is 28.7 Å². The monoisotopic (exact) mass is 1910 g/mol. The molecular weight excluding hydrogens is 1830 g/mol. The van der Waals surface area contributed by atoms with Crippen LogP contribution < -0.4 is 0 Å². The van der Waals surface area contributed by atoms with Crippen molar-refractivity contribution in [2.24, 2.45) is 0 Å². The van der Waals surface area contributed by atoms with Gasteiger partial charge in [0.25, 0.3) is 0 Å². The summed E-state index contributed by atoms with van der Waals surface area (Å²) in [5.41, 5.74) is 37.2. The van der Waals surface area contributed by atoms with Gasteiger partial charge in [-0.1, -0.05) is 309 Å². The Hall–Kier alpha value is -20.2. The zero-order valence-electron chi connectivity index (χ0n) is 80.0. The Balaban J connectivity index is 0.000000103. The standard InChI is InChI=1S/2C47H28N2O2.C43H26N2O2/c1-2-9-29(10-3-1)47-48-41-14-5-6-15-42(41)49(47)36-12-8-11-30(25-36)31-17-18-33-24-34(20-19-32(33)23-31)35-21-22-44-38(26-35)40-28-45-39(27-46(40)51-44)37-13-4-7-16-43(37)50-45;1-2-8-30(9-3-1)47-48-41-11-5-6-12-42(41)49(47)36-21-18-29(19-22-36)31-14-15-33-25-34(17-16-32(33)24-31)35-20-23-44-38(26-35)40-28-45-39(27-46(40)51-44)37-10-4-7-13-43(37)50-45;1-2-9-29(10-3-1)43-44-37-14-5-6-15-38(37)45(43)32-12-8-11-30(23-32)27-17-19-28(20-18-27)31-21-22-40-34(24-31)36-26-41-35(25-42(36)47-40)33-13-4-7-16-39(33)46-41/h2*1-28H;1-26H.